The zero-order chi connectivity index (χ0) is 14.5. The van der Waals surface area contributed by atoms with Gasteiger partial charge in [-0.3, -0.25) is 4.79 Å². The number of fused-ring (bicyclic) bond motifs is 1. The number of hydrogen-bond acceptors (Lipinski definition) is 3. The monoisotopic (exact) mass is 272 g/mol. The number of nitrogens with one attached hydrogen (secondary N) is 2. The minimum atomic E-state index is -0.633. The second-order valence-corrected chi connectivity index (χ2v) is 4.87. The maximum Gasteiger partial charge on any atom is 0.236 e. The third kappa shape index (κ3) is 3.35. The van der Waals surface area contributed by atoms with Crippen molar-refractivity contribution in [3.63, 3.8) is 0 Å². The summed E-state index contributed by atoms with van der Waals surface area (Å²) >= 11 is 0. The van der Waals surface area contributed by atoms with E-state index in [9.17, 15) is 9.90 Å². The highest BCUT2D eigenvalue weighted by atomic mass is 16.3. The first-order chi connectivity index (χ1) is 9.61. The molecule has 106 valence electrons. The van der Waals surface area contributed by atoms with Crippen LogP contribution in [0.5, 0.6) is 0 Å². The Labute approximate surface area is 118 Å². The van der Waals surface area contributed by atoms with Crippen LogP contribution in [-0.4, -0.2) is 30.6 Å². The van der Waals surface area contributed by atoms with Gasteiger partial charge in [-0.1, -0.05) is 36.4 Å². The van der Waals surface area contributed by atoms with E-state index in [1.165, 1.54) is 0 Å². The summed E-state index contributed by atoms with van der Waals surface area (Å²) < 4.78 is 0. The molecule has 0 aliphatic rings. The van der Waals surface area contributed by atoms with Gasteiger partial charge in [0.05, 0.1) is 12.1 Å². The molecule has 3 N–H and O–H groups in total. The fourth-order valence-electron chi connectivity index (χ4n) is 2.13. The van der Waals surface area contributed by atoms with E-state index in [2.05, 4.69) is 10.6 Å². The molecule has 2 rings (SSSR count). The summed E-state index contributed by atoms with van der Waals surface area (Å²) in [5.74, 6) is -0.0873. The van der Waals surface area contributed by atoms with Crippen LogP contribution in [0.15, 0.2) is 42.5 Å². The van der Waals surface area contributed by atoms with Crippen molar-refractivity contribution in [2.45, 2.75) is 19.1 Å². The van der Waals surface area contributed by atoms with E-state index in [0.29, 0.717) is 6.54 Å². The molecule has 0 bridgehead atoms. The number of carbonyl (C=O) groups is 1. The highest BCUT2D eigenvalue weighted by Gasteiger charge is 2.13. The summed E-state index contributed by atoms with van der Waals surface area (Å²) in [5.41, 5.74) is 0.848. The summed E-state index contributed by atoms with van der Waals surface area (Å²) in [7, 11) is 1.60. The Bertz CT molecular complexity index is 598. The quantitative estimate of drug-likeness (QED) is 0.774. The van der Waals surface area contributed by atoms with Crippen molar-refractivity contribution in [1.82, 2.24) is 10.6 Å². The average molecular weight is 272 g/mol. The van der Waals surface area contributed by atoms with Crippen LogP contribution in [0.1, 0.15) is 18.6 Å². The molecule has 2 unspecified atom stereocenters. The molecule has 2 aromatic carbocycles. The third-order valence-corrected chi connectivity index (χ3v) is 3.42. The summed E-state index contributed by atoms with van der Waals surface area (Å²) in [6, 6.07) is 13.6. The predicted octanol–water partition coefficient (Wildman–Crippen LogP) is 1.60. The number of aliphatic hydroxyl groups is 1. The normalized spacial score (nSPS) is 13.9. The van der Waals surface area contributed by atoms with Gasteiger partial charge in [-0.05, 0) is 29.3 Å². The second kappa shape index (κ2) is 6.50. The van der Waals surface area contributed by atoms with Crippen molar-refractivity contribution in [3.8, 4) is 0 Å². The van der Waals surface area contributed by atoms with E-state index >= 15 is 0 Å². The van der Waals surface area contributed by atoms with E-state index < -0.39 is 6.10 Å². The predicted molar refractivity (Wildman–Crippen MR) is 80.4 cm³/mol. The van der Waals surface area contributed by atoms with Crippen molar-refractivity contribution >= 4 is 16.7 Å². The first-order valence-corrected chi connectivity index (χ1v) is 6.73. The SMILES string of the molecule is CNC(=O)C(C)NCC(O)c1ccc2ccccc2c1. The average Bonchev–Trinajstić information content (AvgIpc) is 2.50. The molecule has 0 radical (unpaired) electrons. The topological polar surface area (TPSA) is 61.4 Å². The zero-order valence-electron chi connectivity index (χ0n) is 11.8. The Balaban J connectivity index is 2.04. The molecule has 0 saturated heterocycles. The first-order valence-electron chi connectivity index (χ1n) is 6.73. The molecule has 0 aliphatic carbocycles. The summed E-state index contributed by atoms with van der Waals surface area (Å²) in [5, 5.41) is 18.0. The second-order valence-electron chi connectivity index (χ2n) is 4.87. The number of amides is 1. The molecule has 4 heteroatoms. The van der Waals surface area contributed by atoms with Gasteiger partial charge in [0.25, 0.3) is 0 Å². The van der Waals surface area contributed by atoms with Crippen molar-refractivity contribution in [2.75, 3.05) is 13.6 Å². The van der Waals surface area contributed by atoms with Crippen molar-refractivity contribution in [3.05, 3.63) is 48.0 Å². The smallest absolute Gasteiger partial charge is 0.236 e. The van der Waals surface area contributed by atoms with Crippen LogP contribution in [0, 0.1) is 0 Å². The fourth-order valence-corrected chi connectivity index (χ4v) is 2.13. The maximum absolute atomic E-state index is 11.4. The van der Waals surface area contributed by atoms with Gasteiger partial charge in [0.2, 0.25) is 5.91 Å². The lowest BCUT2D eigenvalue weighted by molar-refractivity contribution is -0.122. The van der Waals surface area contributed by atoms with E-state index in [-0.39, 0.29) is 11.9 Å². The molecule has 0 spiro atoms. The van der Waals surface area contributed by atoms with Gasteiger partial charge in [-0.25, -0.2) is 0 Å². The lowest BCUT2D eigenvalue weighted by Gasteiger charge is -2.16. The number of likely N-dealkylation sites (N-methyl/N-ethyl adjacent to an activating group) is 1. The van der Waals surface area contributed by atoms with Crippen LogP contribution in [0.3, 0.4) is 0 Å². The van der Waals surface area contributed by atoms with Crippen LogP contribution in [0.4, 0.5) is 0 Å². The van der Waals surface area contributed by atoms with Crippen LogP contribution in [-0.2, 0) is 4.79 Å². The highest BCUT2D eigenvalue weighted by Crippen LogP contribution is 2.20. The maximum atomic E-state index is 11.4. The van der Waals surface area contributed by atoms with Crippen LogP contribution in [0.2, 0.25) is 0 Å². The van der Waals surface area contributed by atoms with Crippen LogP contribution in [0.25, 0.3) is 10.8 Å². The van der Waals surface area contributed by atoms with E-state index in [4.69, 9.17) is 0 Å². The number of benzene rings is 2. The molecular formula is C16H20N2O2. The first kappa shape index (κ1) is 14.5. The molecule has 0 aromatic heterocycles. The van der Waals surface area contributed by atoms with Gasteiger partial charge in [0.15, 0.2) is 0 Å². The molecule has 2 atom stereocenters. The zero-order valence-corrected chi connectivity index (χ0v) is 11.8. The number of aliphatic hydroxyl groups excluding tert-OH is 1. The van der Waals surface area contributed by atoms with Crippen molar-refractivity contribution < 1.29 is 9.90 Å². The highest BCUT2D eigenvalue weighted by molar-refractivity contribution is 5.83. The number of carbonyl (C=O) groups excluding carboxylic acids is 1. The molecule has 4 nitrogen and oxygen atoms in total. The Morgan fingerprint density at radius 2 is 1.90 bits per heavy atom. The van der Waals surface area contributed by atoms with Gasteiger partial charge in [-0.15, -0.1) is 0 Å². The Kier molecular flexibility index (Phi) is 4.71. The summed E-state index contributed by atoms with van der Waals surface area (Å²) in [6.07, 6.45) is -0.633. The third-order valence-electron chi connectivity index (χ3n) is 3.42. The number of hydrogen-bond donors (Lipinski definition) is 3. The molecular weight excluding hydrogens is 252 g/mol. The lowest BCUT2D eigenvalue weighted by atomic mass is 10.0. The summed E-state index contributed by atoms with van der Waals surface area (Å²) in [4.78, 5) is 11.4. The largest absolute Gasteiger partial charge is 0.387 e. The summed E-state index contributed by atoms with van der Waals surface area (Å²) in [6.45, 7) is 2.11. The molecule has 0 aliphatic heterocycles. The Morgan fingerprint density at radius 3 is 2.60 bits per heavy atom. The lowest BCUT2D eigenvalue weighted by Crippen LogP contribution is -2.42. The molecule has 0 fully saturated rings. The standard InChI is InChI=1S/C16H20N2O2/c1-11(16(20)17-2)18-10-15(19)14-8-7-12-5-3-4-6-13(12)9-14/h3-9,11,15,18-19H,10H2,1-2H3,(H,17,20). The minimum absolute atomic E-state index is 0.0873. The van der Waals surface area contributed by atoms with Crippen LogP contribution < -0.4 is 10.6 Å². The van der Waals surface area contributed by atoms with E-state index in [0.717, 1.165) is 16.3 Å². The molecule has 20 heavy (non-hydrogen) atoms. The van der Waals surface area contributed by atoms with Gasteiger partial charge >= 0.3 is 0 Å². The molecule has 0 saturated carbocycles. The minimum Gasteiger partial charge on any atom is -0.387 e. The van der Waals surface area contributed by atoms with Crippen LogP contribution >= 0.6 is 0 Å². The van der Waals surface area contributed by atoms with Gasteiger partial charge in [0, 0.05) is 13.6 Å². The fraction of sp³-hybridized carbons (Fsp3) is 0.312. The van der Waals surface area contributed by atoms with Gasteiger partial charge < -0.3 is 15.7 Å². The van der Waals surface area contributed by atoms with Gasteiger partial charge in [0.1, 0.15) is 0 Å². The van der Waals surface area contributed by atoms with Crippen molar-refractivity contribution in [2.24, 2.45) is 0 Å². The molecule has 1 amide bonds. The Morgan fingerprint density at radius 1 is 1.20 bits per heavy atom. The van der Waals surface area contributed by atoms with E-state index in [1.54, 1.807) is 14.0 Å². The number of rotatable bonds is 5. The molecule has 2 aromatic rings. The Hall–Kier alpha value is -1.91. The van der Waals surface area contributed by atoms with E-state index in [1.807, 2.05) is 42.5 Å². The van der Waals surface area contributed by atoms with Crippen molar-refractivity contribution in [1.29, 1.82) is 0 Å². The van der Waals surface area contributed by atoms with Gasteiger partial charge in [-0.2, -0.15) is 0 Å². The molecule has 0 heterocycles.